The average Bonchev–Trinajstić information content (AvgIpc) is 2.64. The molecule has 0 aliphatic rings. The van der Waals surface area contributed by atoms with Crippen molar-refractivity contribution in [3.63, 3.8) is 0 Å². The molecule has 0 bridgehead atoms. The van der Waals surface area contributed by atoms with Crippen LogP contribution in [-0.2, 0) is 5.75 Å². The standard InChI is InChI=1S/C18H12ClIN2O2S/c19-15-10-21-18(25-11-12-4-2-1-3-5-12)22-16(15)17(23)24-14-8-6-13(20)7-9-14/h1-10H,11H2. The Morgan fingerprint density at radius 1 is 1.12 bits per heavy atom. The van der Waals surface area contributed by atoms with Crippen LogP contribution < -0.4 is 4.74 Å². The minimum absolute atomic E-state index is 0.0609. The zero-order valence-corrected chi connectivity index (χ0v) is 16.6. The molecule has 0 spiro atoms. The number of esters is 1. The lowest BCUT2D eigenvalue weighted by atomic mass is 10.2. The molecule has 1 aromatic heterocycles. The van der Waals surface area contributed by atoms with Crippen LogP contribution >= 0.6 is 46.0 Å². The van der Waals surface area contributed by atoms with Gasteiger partial charge in [-0.25, -0.2) is 14.8 Å². The number of carbonyl (C=O) groups excluding carboxylic acids is 1. The molecule has 0 unspecified atom stereocenters. The fourth-order valence-electron chi connectivity index (χ4n) is 1.94. The number of hydrogen-bond acceptors (Lipinski definition) is 5. The van der Waals surface area contributed by atoms with E-state index < -0.39 is 5.97 Å². The van der Waals surface area contributed by atoms with Crippen LogP contribution in [0.5, 0.6) is 5.75 Å². The van der Waals surface area contributed by atoms with Crippen LogP contribution in [0.15, 0.2) is 66.0 Å². The van der Waals surface area contributed by atoms with E-state index in [0.717, 1.165) is 9.13 Å². The summed E-state index contributed by atoms with van der Waals surface area (Å²) in [5, 5.41) is 0.641. The van der Waals surface area contributed by atoms with Crippen LogP contribution in [0, 0.1) is 3.57 Å². The van der Waals surface area contributed by atoms with Gasteiger partial charge < -0.3 is 4.74 Å². The minimum atomic E-state index is -0.602. The average molecular weight is 483 g/mol. The van der Waals surface area contributed by atoms with Crippen molar-refractivity contribution in [2.45, 2.75) is 10.9 Å². The smallest absolute Gasteiger partial charge is 0.364 e. The van der Waals surface area contributed by atoms with Crippen LogP contribution in [0.4, 0.5) is 0 Å². The summed E-state index contributed by atoms with van der Waals surface area (Å²) in [6.07, 6.45) is 1.42. The van der Waals surface area contributed by atoms with Crippen LogP contribution in [0.1, 0.15) is 16.1 Å². The first kappa shape index (κ1) is 18.2. The Morgan fingerprint density at radius 3 is 2.56 bits per heavy atom. The van der Waals surface area contributed by atoms with Gasteiger partial charge in [-0.1, -0.05) is 53.7 Å². The highest BCUT2D eigenvalue weighted by molar-refractivity contribution is 14.1. The van der Waals surface area contributed by atoms with Crippen LogP contribution in [0.25, 0.3) is 0 Å². The van der Waals surface area contributed by atoms with E-state index in [-0.39, 0.29) is 10.7 Å². The molecule has 0 fully saturated rings. The number of benzene rings is 2. The third-order valence-electron chi connectivity index (χ3n) is 3.15. The molecule has 25 heavy (non-hydrogen) atoms. The number of rotatable bonds is 5. The van der Waals surface area contributed by atoms with Crippen molar-refractivity contribution in [1.82, 2.24) is 9.97 Å². The number of halogens is 2. The molecule has 7 heteroatoms. The van der Waals surface area contributed by atoms with E-state index in [4.69, 9.17) is 16.3 Å². The van der Waals surface area contributed by atoms with Crippen molar-refractivity contribution in [2.24, 2.45) is 0 Å². The summed E-state index contributed by atoms with van der Waals surface area (Å²) in [4.78, 5) is 20.7. The number of thioether (sulfide) groups is 1. The van der Waals surface area contributed by atoms with E-state index in [0.29, 0.717) is 16.7 Å². The number of ether oxygens (including phenoxy) is 1. The first-order valence-corrected chi connectivity index (χ1v) is 9.73. The predicted octanol–water partition coefficient (Wildman–Crippen LogP) is 5.25. The Balaban J connectivity index is 1.72. The van der Waals surface area contributed by atoms with E-state index >= 15 is 0 Å². The van der Waals surface area contributed by atoms with Crippen molar-refractivity contribution >= 4 is 51.9 Å². The zero-order valence-electron chi connectivity index (χ0n) is 12.9. The Kier molecular flexibility index (Phi) is 6.28. The molecule has 0 aliphatic heterocycles. The molecule has 2 aromatic carbocycles. The fourth-order valence-corrected chi connectivity index (χ4v) is 3.24. The molecule has 3 rings (SSSR count). The van der Waals surface area contributed by atoms with Crippen molar-refractivity contribution in [3.05, 3.63) is 80.6 Å². The molecule has 0 radical (unpaired) electrons. The molecular formula is C18H12ClIN2O2S. The Bertz CT molecular complexity index is 876. The van der Waals surface area contributed by atoms with Crippen molar-refractivity contribution in [2.75, 3.05) is 0 Å². The third kappa shape index (κ3) is 5.17. The minimum Gasteiger partial charge on any atom is -0.422 e. The Hall–Kier alpha value is -1.64. The van der Waals surface area contributed by atoms with Crippen LogP contribution in [0.3, 0.4) is 0 Å². The highest BCUT2D eigenvalue weighted by Crippen LogP contribution is 2.23. The van der Waals surface area contributed by atoms with Gasteiger partial charge in [-0.3, -0.25) is 0 Å². The topological polar surface area (TPSA) is 52.1 Å². The van der Waals surface area contributed by atoms with Gasteiger partial charge in [0, 0.05) is 9.32 Å². The number of carbonyl (C=O) groups is 1. The molecule has 1 heterocycles. The number of hydrogen-bond donors (Lipinski definition) is 0. The second-order valence-corrected chi connectivity index (χ2v) is 7.56. The van der Waals surface area contributed by atoms with Crippen LogP contribution in [-0.4, -0.2) is 15.9 Å². The predicted molar refractivity (Wildman–Crippen MR) is 107 cm³/mol. The quantitative estimate of drug-likeness (QED) is 0.164. The molecule has 0 N–H and O–H groups in total. The summed E-state index contributed by atoms with van der Waals surface area (Å²) < 4.78 is 6.38. The maximum Gasteiger partial charge on any atom is 0.364 e. The third-order valence-corrected chi connectivity index (χ3v) is 5.08. The largest absolute Gasteiger partial charge is 0.422 e. The normalized spacial score (nSPS) is 10.5. The van der Waals surface area contributed by atoms with Crippen molar-refractivity contribution < 1.29 is 9.53 Å². The fraction of sp³-hybridized carbons (Fsp3) is 0.0556. The van der Waals surface area contributed by atoms with E-state index in [9.17, 15) is 4.79 Å². The molecular weight excluding hydrogens is 471 g/mol. The van der Waals surface area contributed by atoms with Crippen molar-refractivity contribution in [3.8, 4) is 5.75 Å². The van der Waals surface area contributed by atoms with Gasteiger partial charge in [-0.2, -0.15) is 0 Å². The highest BCUT2D eigenvalue weighted by Gasteiger charge is 2.17. The van der Waals surface area contributed by atoms with Gasteiger partial charge in [0.1, 0.15) is 5.75 Å². The van der Waals surface area contributed by atoms with Gasteiger partial charge in [0.2, 0.25) is 0 Å². The highest BCUT2D eigenvalue weighted by atomic mass is 127. The Morgan fingerprint density at radius 2 is 1.84 bits per heavy atom. The SMILES string of the molecule is O=C(Oc1ccc(I)cc1)c1nc(SCc2ccccc2)ncc1Cl. The second-order valence-electron chi connectivity index (χ2n) is 4.97. The molecule has 0 aliphatic carbocycles. The van der Waals surface area contributed by atoms with Gasteiger partial charge >= 0.3 is 5.97 Å². The molecule has 4 nitrogen and oxygen atoms in total. The first-order valence-electron chi connectivity index (χ1n) is 7.29. The lowest BCUT2D eigenvalue weighted by Crippen LogP contribution is -2.12. The van der Waals surface area contributed by atoms with Gasteiger partial charge in [-0.15, -0.1) is 0 Å². The van der Waals surface area contributed by atoms with Gasteiger partial charge in [0.15, 0.2) is 10.9 Å². The van der Waals surface area contributed by atoms with Gasteiger partial charge in [0.05, 0.1) is 11.2 Å². The molecule has 126 valence electrons. The van der Waals surface area contributed by atoms with Gasteiger partial charge in [0.25, 0.3) is 0 Å². The summed E-state index contributed by atoms with van der Waals surface area (Å²) in [6, 6.07) is 17.1. The lowest BCUT2D eigenvalue weighted by molar-refractivity contribution is 0.0727. The van der Waals surface area contributed by atoms with E-state index in [1.165, 1.54) is 18.0 Å². The maximum absolute atomic E-state index is 12.3. The second kappa shape index (κ2) is 8.64. The summed E-state index contributed by atoms with van der Waals surface area (Å²) in [5.74, 6) is 0.544. The van der Waals surface area contributed by atoms with E-state index in [2.05, 4.69) is 32.6 Å². The molecule has 0 saturated carbocycles. The summed E-state index contributed by atoms with van der Waals surface area (Å²) in [7, 11) is 0. The first-order chi connectivity index (χ1) is 12.1. The molecule has 0 saturated heterocycles. The van der Waals surface area contributed by atoms with Gasteiger partial charge in [-0.05, 0) is 52.4 Å². The van der Waals surface area contributed by atoms with E-state index in [1.807, 2.05) is 42.5 Å². The zero-order chi connectivity index (χ0) is 17.6. The lowest BCUT2D eigenvalue weighted by Gasteiger charge is -2.07. The summed E-state index contributed by atoms with van der Waals surface area (Å²) >= 11 is 9.68. The van der Waals surface area contributed by atoms with Crippen LogP contribution in [0.2, 0.25) is 5.02 Å². The maximum atomic E-state index is 12.3. The molecule has 0 atom stereocenters. The van der Waals surface area contributed by atoms with E-state index in [1.54, 1.807) is 12.1 Å². The number of aromatic nitrogens is 2. The summed E-state index contributed by atoms with van der Waals surface area (Å²) in [6.45, 7) is 0. The molecule has 3 aromatic rings. The monoisotopic (exact) mass is 482 g/mol. The Labute approximate surface area is 168 Å². The van der Waals surface area contributed by atoms with Crippen molar-refractivity contribution in [1.29, 1.82) is 0 Å². The summed E-state index contributed by atoms with van der Waals surface area (Å²) in [5.41, 5.74) is 1.21. The number of nitrogens with zero attached hydrogens (tertiary/aromatic N) is 2. The molecule has 0 amide bonds.